The van der Waals surface area contributed by atoms with E-state index in [1.54, 1.807) is 26.1 Å². The number of carbonyl (C=O) groups excluding carboxylic acids is 1. The van der Waals surface area contributed by atoms with Gasteiger partial charge in [0.2, 0.25) is 0 Å². The first kappa shape index (κ1) is 21.5. The van der Waals surface area contributed by atoms with E-state index < -0.39 is 5.97 Å². The number of hydrogen-bond acceptors (Lipinski definition) is 8. The molecule has 8 heteroatoms. The van der Waals surface area contributed by atoms with Crippen molar-refractivity contribution in [3.63, 3.8) is 0 Å². The SMILES string of the molecule is C.CCOC(=O)/C(=C\C1=NC(CN2CCOCC2)CN=C1)SC(C)=N. The fourth-order valence-electron chi connectivity index (χ4n) is 2.44. The minimum absolute atomic E-state index is 0. The first-order chi connectivity index (χ1) is 11.6. The highest BCUT2D eigenvalue weighted by Crippen LogP contribution is 2.19. The summed E-state index contributed by atoms with van der Waals surface area (Å²) >= 11 is 1.08. The molecule has 0 aromatic rings. The molecule has 0 amide bonds. The number of nitrogens with zero attached hydrogens (tertiary/aromatic N) is 3. The molecule has 0 spiro atoms. The van der Waals surface area contributed by atoms with E-state index in [1.807, 2.05) is 0 Å². The quantitative estimate of drug-likeness (QED) is 0.335. The lowest BCUT2D eigenvalue weighted by molar-refractivity contribution is -0.137. The molecule has 1 unspecified atom stereocenters. The van der Waals surface area contributed by atoms with Crippen molar-refractivity contribution in [2.75, 3.05) is 46.0 Å². The van der Waals surface area contributed by atoms with E-state index in [-0.39, 0.29) is 13.5 Å². The normalized spacial score (nSPS) is 21.3. The molecule has 0 bridgehead atoms. The van der Waals surface area contributed by atoms with E-state index in [0.29, 0.717) is 28.8 Å². The third-order valence-corrected chi connectivity index (χ3v) is 4.27. The monoisotopic (exact) mass is 368 g/mol. The molecule has 2 heterocycles. The Morgan fingerprint density at radius 1 is 1.52 bits per heavy atom. The van der Waals surface area contributed by atoms with Gasteiger partial charge in [-0.1, -0.05) is 19.2 Å². The standard InChI is InChI=1S/C16H24N4O3S.CH4/c1-3-23-16(21)15(24-12(2)17)8-13-9-18-10-14(19-13)11-20-4-6-22-7-5-20;/h8-9,14,17H,3-7,10-11H2,1-2H3;1H4/b15-8+,17-12?;. The zero-order chi connectivity index (χ0) is 17.4. The zero-order valence-corrected chi connectivity index (χ0v) is 15.0. The van der Waals surface area contributed by atoms with Crippen LogP contribution in [-0.2, 0) is 14.3 Å². The van der Waals surface area contributed by atoms with Gasteiger partial charge in [0.1, 0.15) is 4.91 Å². The minimum Gasteiger partial charge on any atom is -0.462 e. The van der Waals surface area contributed by atoms with Gasteiger partial charge in [0.05, 0.1) is 43.2 Å². The summed E-state index contributed by atoms with van der Waals surface area (Å²) < 4.78 is 10.4. The summed E-state index contributed by atoms with van der Waals surface area (Å²) in [6.07, 6.45) is 3.34. The van der Waals surface area contributed by atoms with Crippen LogP contribution >= 0.6 is 11.8 Å². The molecule has 0 saturated carbocycles. The van der Waals surface area contributed by atoms with E-state index in [1.165, 1.54) is 0 Å². The Labute approximate surface area is 154 Å². The summed E-state index contributed by atoms with van der Waals surface area (Å²) in [5.74, 6) is -0.430. The van der Waals surface area contributed by atoms with Gasteiger partial charge in [-0.2, -0.15) is 0 Å². The molecular formula is C17H28N4O3S. The Balaban J connectivity index is 0.00000312. The van der Waals surface area contributed by atoms with Gasteiger partial charge in [-0.25, -0.2) is 4.79 Å². The maximum Gasteiger partial charge on any atom is 0.345 e. The Hall–Kier alpha value is -1.51. The molecule has 7 nitrogen and oxygen atoms in total. The third-order valence-electron chi connectivity index (χ3n) is 3.46. The van der Waals surface area contributed by atoms with Gasteiger partial charge in [-0.05, 0) is 19.9 Å². The summed E-state index contributed by atoms with van der Waals surface area (Å²) in [5, 5.41) is 7.93. The van der Waals surface area contributed by atoms with E-state index in [4.69, 9.17) is 14.9 Å². The van der Waals surface area contributed by atoms with Crippen molar-refractivity contribution in [3.05, 3.63) is 11.0 Å². The number of allylic oxidation sites excluding steroid dienone is 1. The van der Waals surface area contributed by atoms with E-state index in [2.05, 4.69) is 14.9 Å². The van der Waals surface area contributed by atoms with Crippen molar-refractivity contribution in [1.82, 2.24) is 4.90 Å². The van der Waals surface area contributed by atoms with Gasteiger partial charge in [0, 0.05) is 25.8 Å². The molecule has 140 valence electrons. The van der Waals surface area contributed by atoms with Gasteiger partial charge < -0.3 is 9.47 Å². The van der Waals surface area contributed by atoms with E-state index in [9.17, 15) is 4.79 Å². The maximum atomic E-state index is 12.0. The highest BCUT2D eigenvalue weighted by molar-refractivity contribution is 8.17. The molecule has 0 radical (unpaired) electrons. The average Bonchev–Trinajstić information content (AvgIpc) is 2.55. The average molecular weight is 369 g/mol. The second kappa shape index (κ2) is 11.2. The molecule has 0 aromatic carbocycles. The molecular weight excluding hydrogens is 340 g/mol. The smallest absolute Gasteiger partial charge is 0.345 e. The van der Waals surface area contributed by atoms with Crippen molar-refractivity contribution in [2.24, 2.45) is 9.98 Å². The second-order valence-electron chi connectivity index (χ2n) is 5.50. The van der Waals surface area contributed by atoms with Crippen LogP contribution in [-0.4, -0.2) is 79.9 Å². The lowest BCUT2D eigenvalue weighted by Crippen LogP contribution is -2.42. The molecule has 1 atom stereocenters. The number of ether oxygens (including phenoxy) is 2. The van der Waals surface area contributed by atoms with Crippen LogP contribution in [0.15, 0.2) is 21.0 Å². The molecule has 2 aliphatic rings. The second-order valence-corrected chi connectivity index (χ2v) is 6.76. The van der Waals surface area contributed by atoms with Crippen LogP contribution in [0.25, 0.3) is 0 Å². The summed E-state index contributed by atoms with van der Waals surface area (Å²) in [4.78, 5) is 23.8. The molecule has 1 fully saturated rings. The summed E-state index contributed by atoms with van der Waals surface area (Å²) in [6, 6.07) is 0.0777. The van der Waals surface area contributed by atoms with Crippen LogP contribution in [0.1, 0.15) is 21.3 Å². The van der Waals surface area contributed by atoms with Crippen molar-refractivity contribution in [2.45, 2.75) is 27.3 Å². The van der Waals surface area contributed by atoms with Crippen molar-refractivity contribution < 1.29 is 14.3 Å². The number of hydrogen-bond donors (Lipinski definition) is 1. The highest BCUT2D eigenvalue weighted by Gasteiger charge is 2.19. The van der Waals surface area contributed by atoms with Crippen LogP contribution in [0.5, 0.6) is 0 Å². The molecule has 25 heavy (non-hydrogen) atoms. The molecule has 0 aromatic heterocycles. The predicted molar refractivity (Wildman–Crippen MR) is 104 cm³/mol. The molecule has 1 N–H and O–H groups in total. The molecule has 1 saturated heterocycles. The number of carbonyl (C=O) groups is 1. The fourth-order valence-corrected chi connectivity index (χ4v) is 3.09. The van der Waals surface area contributed by atoms with Gasteiger partial charge >= 0.3 is 5.97 Å². The van der Waals surface area contributed by atoms with Crippen molar-refractivity contribution in [3.8, 4) is 0 Å². The van der Waals surface area contributed by atoms with Crippen LogP contribution in [0, 0.1) is 5.41 Å². The number of rotatable bonds is 6. The Kier molecular flexibility index (Phi) is 9.62. The largest absolute Gasteiger partial charge is 0.462 e. The van der Waals surface area contributed by atoms with E-state index in [0.717, 1.165) is 44.6 Å². The summed E-state index contributed by atoms with van der Waals surface area (Å²) in [7, 11) is 0. The zero-order valence-electron chi connectivity index (χ0n) is 14.2. The van der Waals surface area contributed by atoms with Gasteiger partial charge in [0.25, 0.3) is 0 Å². The Morgan fingerprint density at radius 2 is 2.24 bits per heavy atom. The first-order valence-electron chi connectivity index (χ1n) is 8.08. The van der Waals surface area contributed by atoms with Crippen LogP contribution in [0.4, 0.5) is 0 Å². The third kappa shape index (κ3) is 7.50. The molecule has 0 aliphatic carbocycles. The minimum atomic E-state index is -0.430. The van der Waals surface area contributed by atoms with Gasteiger partial charge in [0.15, 0.2) is 0 Å². The number of morpholine rings is 1. The summed E-state index contributed by atoms with van der Waals surface area (Å²) in [5.41, 5.74) is 0.649. The van der Waals surface area contributed by atoms with Crippen LogP contribution < -0.4 is 0 Å². The lowest BCUT2D eigenvalue weighted by atomic mass is 10.2. The van der Waals surface area contributed by atoms with Crippen LogP contribution in [0.3, 0.4) is 0 Å². The Bertz CT molecular complexity index is 554. The number of nitrogens with one attached hydrogen (secondary N) is 1. The summed E-state index contributed by atoms with van der Waals surface area (Å²) in [6.45, 7) is 8.53. The number of esters is 1. The highest BCUT2D eigenvalue weighted by atomic mass is 32.2. The molecule has 2 rings (SSSR count). The lowest BCUT2D eigenvalue weighted by Gasteiger charge is -2.29. The molecule has 2 aliphatic heterocycles. The van der Waals surface area contributed by atoms with Crippen LogP contribution in [0.2, 0.25) is 0 Å². The van der Waals surface area contributed by atoms with Crippen molar-refractivity contribution >= 4 is 34.7 Å². The van der Waals surface area contributed by atoms with E-state index >= 15 is 0 Å². The Morgan fingerprint density at radius 3 is 2.88 bits per heavy atom. The first-order valence-corrected chi connectivity index (χ1v) is 8.89. The predicted octanol–water partition coefficient (Wildman–Crippen LogP) is 2.03. The van der Waals surface area contributed by atoms with Crippen molar-refractivity contribution in [1.29, 1.82) is 5.41 Å². The van der Waals surface area contributed by atoms with Gasteiger partial charge in [-0.3, -0.25) is 20.3 Å². The number of thioether (sulfide) groups is 1. The number of aliphatic imine (C=N–C) groups is 2. The fraction of sp³-hybridized carbons (Fsp3) is 0.647. The topological polar surface area (TPSA) is 87.3 Å². The van der Waals surface area contributed by atoms with Gasteiger partial charge in [-0.15, -0.1) is 0 Å². The maximum absolute atomic E-state index is 12.0.